The fourth-order valence-corrected chi connectivity index (χ4v) is 4.93. The van der Waals surface area contributed by atoms with E-state index in [1.165, 1.54) is 6.21 Å². The van der Waals surface area contributed by atoms with E-state index in [2.05, 4.69) is 17.3 Å². The molecular formula is C26H24N2O5. The number of nitrogens with zero attached hydrogens (tertiary/aromatic N) is 2. The van der Waals surface area contributed by atoms with Gasteiger partial charge in [-0.3, -0.25) is 9.59 Å². The van der Waals surface area contributed by atoms with Gasteiger partial charge in [-0.1, -0.05) is 29.8 Å². The largest absolute Gasteiger partial charge is 0.490 e. The van der Waals surface area contributed by atoms with Gasteiger partial charge in [0, 0.05) is 0 Å². The molecule has 2 aliphatic carbocycles. The molecule has 33 heavy (non-hydrogen) atoms. The van der Waals surface area contributed by atoms with Crippen molar-refractivity contribution in [3.63, 3.8) is 0 Å². The van der Waals surface area contributed by atoms with Crippen LogP contribution >= 0.6 is 0 Å². The maximum atomic E-state index is 12.8. The molecule has 2 aromatic carbocycles. The Labute approximate surface area is 191 Å². The summed E-state index contributed by atoms with van der Waals surface area (Å²) in [4.78, 5) is 38.1. The molecule has 168 valence electrons. The lowest BCUT2D eigenvalue weighted by atomic mass is 9.85. The fraction of sp³-hybridized carbons (Fsp3) is 0.308. The second-order valence-corrected chi connectivity index (χ2v) is 8.63. The van der Waals surface area contributed by atoms with Gasteiger partial charge < -0.3 is 9.47 Å². The maximum Gasteiger partial charge on any atom is 0.343 e. The number of carbonyl (C=O) groups is 3. The van der Waals surface area contributed by atoms with Crippen LogP contribution in [0.15, 0.2) is 59.7 Å². The SMILES string of the molecule is CCOc1cc(C=NN2C(=O)C3C4C=CC(C4)C3C2=O)ccc1OC(=O)c1ccc(C)cc1. The molecule has 2 amide bonds. The lowest BCUT2D eigenvalue weighted by Crippen LogP contribution is -2.28. The van der Waals surface area contributed by atoms with Crippen LogP contribution in [-0.2, 0) is 9.59 Å². The van der Waals surface area contributed by atoms with Crippen LogP contribution in [0.5, 0.6) is 11.5 Å². The maximum absolute atomic E-state index is 12.8. The lowest BCUT2D eigenvalue weighted by molar-refractivity contribution is -0.140. The number of amides is 2. The minimum Gasteiger partial charge on any atom is -0.490 e. The van der Waals surface area contributed by atoms with E-state index in [4.69, 9.17) is 9.47 Å². The number of allylic oxidation sites excluding steroid dienone is 2. The van der Waals surface area contributed by atoms with Gasteiger partial charge in [0.05, 0.1) is 30.2 Å². The number of ether oxygens (including phenoxy) is 2. The first-order chi connectivity index (χ1) is 16.0. The number of carbonyl (C=O) groups excluding carboxylic acids is 3. The second kappa shape index (κ2) is 8.31. The average Bonchev–Trinajstić information content (AvgIpc) is 3.49. The molecule has 2 aromatic rings. The number of esters is 1. The Kier molecular flexibility index (Phi) is 5.32. The zero-order chi connectivity index (χ0) is 23.1. The summed E-state index contributed by atoms with van der Waals surface area (Å²) in [7, 11) is 0. The number of aryl methyl sites for hydroxylation is 1. The van der Waals surface area contributed by atoms with Crippen molar-refractivity contribution >= 4 is 24.0 Å². The zero-order valence-electron chi connectivity index (χ0n) is 18.4. The third kappa shape index (κ3) is 3.73. The predicted octanol–water partition coefficient (Wildman–Crippen LogP) is 3.75. The van der Waals surface area contributed by atoms with Gasteiger partial charge in [0.15, 0.2) is 11.5 Å². The summed E-state index contributed by atoms with van der Waals surface area (Å²) in [5.74, 6) is -0.573. The lowest BCUT2D eigenvalue weighted by Gasteiger charge is -2.13. The van der Waals surface area contributed by atoms with Crippen LogP contribution in [0, 0.1) is 30.6 Å². The van der Waals surface area contributed by atoms with E-state index in [9.17, 15) is 14.4 Å². The van der Waals surface area contributed by atoms with Gasteiger partial charge in [0.2, 0.25) is 0 Å². The minimum atomic E-state index is -0.486. The van der Waals surface area contributed by atoms with Crippen molar-refractivity contribution in [1.29, 1.82) is 0 Å². The molecule has 2 bridgehead atoms. The van der Waals surface area contributed by atoms with Gasteiger partial charge in [0.25, 0.3) is 11.8 Å². The summed E-state index contributed by atoms with van der Waals surface area (Å²) in [5.41, 5.74) is 2.11. The predicted molar refractivity (Wildman–Crippen MR) is 121 cm³/mol. The van der Waals surface area contributed by atoms with Crippen LogP contribution in [0.3, 0.4) is 0 Å². The van der Waals surface area contributed by atoms with Crippen molar-refractivity contribution in [2.75, 3.05) is 6.61 Å². The van der Waals surface area contributed by atoms with Crippen molar-refractivity contribution in [2.24, 2.45) is 28.8 Å². The van der Waals surface area contributed by atoms with Gasteiger partial charge in [-0.05, 0) is 68.0 Å². The van der Waals surface area contributed by atoms with Crippen LogP contribution < -0.4 is 9.47 Å². The first-order valence-corrected chi connectivity index (χ1v) is 11.1. The number of fused-ring (bicyclic) bond motifs is 5. The van der Waals surface area contributed by atoms with E-state index in [1.807, 2.05) is 26.0 Å². The topological polar surface area (TPSA) is 85.3 Å². The second-order valence-electron chi connectivity index (χ2n) is 8.63. The van der Waals surface area contributed by atoms with Gasteiger partial charge in [-0.15, -0.1) is 0 Å². The third-order valence-corrected chi connectivity index (χ3v) is 6.53. The quantitative estimate of drug-likeness (QED) is 0.223. The number of benzene rings is 2. The molecule has 1 saturated carbocycles. The van der Waals surface area contributed by atoms with Gasteiger partial charge in [0.1, 0.15) is 0 Å². The summed E-state index contributed by atoms with van der Waals surface area (Å²) >= 11 is 0. The normalized spacial score (nSPS) is 25.2. The van der Waals surface area contributed by atoms with Crippen molar-refractivity contribution in [1.82, 2.24) is 5.01 Å². The highest BCUT2D eigenvalue weighted by atomic mass is 16.6. The van der Waals surface area contributed by atoms with Crippen molar-refractivity contribution in [3.05, 3.63) is 71.3 Å². The summed E-state index contributed by atoms with van der Waals surface area (Å²) in [5, 5.41) is 5.21. The number of hydrazone groups is 1. The molecule has 7 heteroatoms. The molecule has 1 aliphatic heterocycles. The molecular weight excluding hydrogens is 420 g/mol. The molecule has 3 aliphatic rings. The molecule has 0 N–H and O–H groups in total. The Morgan fingerprint density at radius 3 is 2.33 bits per heavy atom. The van der Waals surface area contributed by atoms with Crippen LogP contribution in [-0.4, -0.2) is 35.6 Å². The van der Waals surface area contributed by atoms with Crippen LogP contribution in [0.1, 0.15) is 34.8 Å². The zero-order valence-corrected chi connectivity index (χ0v) is 18.4. The first-order valence-electron chi connectivity index (χ1n) is 11.1. The van der Waals surface area contributed by atoms with Gasteiger partial charge in [-0.2, -0.15) is 10.1 Å². The molecule has 4 unspecified atom stereocenters. The van der Waals surface area contributed by atoms with E-state index in [0.29, 0.717) is 23.5 Å². The molecule has 1 saturated heterocycles. The molecule has 7 nitrogen and oxygen atoms in total. The molecule has 2 fully saturated rings. The van der Waals surface area contributed by atoms with Gasteiger partial charge in [-0.25, -0.2) is 4.79 Å². The monoisotopic (exact) mass is 444 g/mol. The van der Waals surface area contributed by atoms with Crippen molar-refractivity contribution < 1.29 is 23.9 Å². The molecule has 5 rings (SSSR count). The van der Waals surface area contributed by atoms with Gasteiger partial charge >= 0.3 is 5.97 Å². The minimum absolute atomic E-state index is 0.142. The summed E-state index contributed by atoms with van der Waals surface area (Å²) < 4.78 is 11.2. The highest BCUT2D eigenvalue weighted by Crippen LogP contribution is 2.52. The van der Waals surface area contributed by atoms with E-state index < -0.39 is 5.97 Å². The molecule has 1 heterocycles. The van der Waals surface area contributed by atoms with E-state index in [1.54, 1.807) is 30.3 Å². The Bertz CT molecular complexity index is 1150. The van der Waals surface area contributed by atoms with Crippen LogP contribution in [0.25, 0.3) is 0 Å². The van der Waals surface area contributed by atoms with Crippen molar-refractivity contribution in [2.45, 2.75) is 20.3 Å². The Morgan fingerprint density at radius 2 is 1.70 bits per heavy atom. The molecule has 0 radical (unpaired) electrons. The Hall–Kier alpha value is -3.74. The first kappa shape index (κ1) is 21.1. The molecule has 0 spiro atoms. The molecule has 0 aromatic heterocycles. The average molecular weight is 444 g/mol. The van der Waals surface area contributed by atoms with E-state index in [-0.39, 0.29) is 41.2 Å². The number of hydrogen-bond donors (Lipinski definition) is 0. The highest BCUT2D eigenvalue weighted by Gasteiger charge is 2.59. The van der Waals surface area contributed by atoms with Crippen molar-refractivity contribution in [3.8, 4) is 11.5 Å². The number of hydrogen-bond acceptors (Lipinski definition) is 6. The summed E-state index contributed by atoms with van der Waals surface area (Å²) in [6.07, 6.45) is 6.44. The standard InChI is InChI=1S/C26H24N2O5/c1-3-32-21-12-16(6-11-20(21)33-26(31)17-7-4-15(2)5-8-17)14-27-28-24(29)22-18-9-10-19(13-18)23(22)25(28)30/h4-12,14,18-19,22-23H,3,13H2,1-2H3. The van der Waals surface area contributed by atoms with Crippen LogP contribution in [0.2, 0.25) is 0 Å². The third-order valence-electron chi connectivity index (χ3n) is 6.53. The van der Waals surface area contributed by atoms with E-state index in [0.717, 1.165) is 17.0 Å². The molecule has 4 atom stereocenters. The summed E-state index contributed by atoms with van der Waals surface area (Å²) in [6.45, 7) is 4.15. The Morgan fingerprint density at radius 1 is 1.03 bits per heavy atom. The van der Waals surface area contributed by atoms with E-state index >= 15 is 0 Å². The number of rotatable bonds is 6. The summed E-state index contributed by atoms with van der Waals surface area (Å²) in [6, 6.07) is 12.1. The van der Waals surface area contributed by atoms with Crippen LogP contribution in [0.4, 0.5) is 0 Å². The Balaban J connectivity index is 1.33. The number of imide groups is 1. The fourth-order valence-electron chi connectivity index (χ4n) is 4.93. The smallest absolute Gasteiger partial charge is 0.343 e. The highest BCUT2D eigenvalue weighted by molar-refractivity contribution is 6.06.